The van der Waals surface area contributed by atoms with Gasteiger partial charge in [-0.3, -0.25) is 4.79 Å². The van der Waals surface area contributed by atoms with Gasteiger partial charge < -0.3 is 9.15 Å². The number of ether oxygens (including phenoxy) is 1. The van der Waals surface area contributed by atoms with Crippen LogP contribution in [0.3, 0.4) is 0 Å². The number of thioether (sulfide) groups is 1. The van der Waals surface area contributed by atoms with Crippen LogP contribution >= 0.6 is 11.8 Å². The molecule has 1 aromatic carbocycles. The quantitative estimate of drug-likeness (QED) is 0.540. The summed E-state index contributed by atoms with van der Waals surface area (Å²) < 4.78 is 10.4. The molecule has 19 heavy (non-hydrogen) atoms. The molecule has 0 aliphatic carbocycles. The van der Waals surface area contributed by atoms with Gasteiger partial charge in [-0.15, -0.1) is 5.10 Å². The first-order valence-electron chi connectivity index (χ1n) is 5.62. The Balaban J connectivity index is 2.07. The maximum absolute atomic E-state index is 11.2. The zero-order chi connectivity index (χ0) is 13.2. The van der Waals surface area contributed by atoms with Crippen molar-refractivity contribution in [1.82, 2.24) is 10.2 Å². The predicted molar refractivity (Wildman–Crippen MR) is 72.1 cm³/mol. The average Bonchev–Trinajstić information content (AvgIpc) is 2.84. The molecule has 2 heterocycles. The van der Waals surface area contributed by atoms with Gasteiger partial charge in [-0.2, -0.15) is 5.10 Å². The fourth-order valence-electron chi connectivity index (χ4n) is 1.82. The second kappa shape index (κ2) is 4.89. The monoisotopic (exact) mass is 274 g/mol. The third-order valence-corrected chi connectivity index (χ3v) is 3.64. The number of fused-ring (bicyclic) bond motifs is 3. The minimum absolute atomic E-state index is 0.182. The van der Waals surface area contributed by atoms with E-state index in [0.717, 1.165) is 16.4 Å². The lowest BCUT2D eigenvalue weighted by Gasteiger charge is -1.99. The van der Waals surface area contributed by atoms with Crippen molar-refractivity contribution in [2.24, 2.45) is 0 Å². The molecule has 6 heteroatoms. The Bertz CT molecular complexity index is 754. The van der Waals surface area contributed by atoms with E-state index in [9.17, 15) is 4.79 Å². The van der Waals surface area contributed by atoms with Crippen molar-refractivity contribution in [3.63, 3.8) is 0 Å². The number of hydrogen-bond acceptors (Lipinski definition) is 6. The number of furan rings is 1. The molecular formula is C13H10N2O3S. The van der Waals surface area contributed by atoms with Crippen LogP contribution in [0.4, 0.5) is 0 Å². The Hall–Kier alpha value is -2.08. The molecule has 0 saturated heterocycles. The molecule has 0 spiro atoms. The molecule has 0 N–H and O–H groups in total. The van der Waals surface area contributed by atoms with E-state index in [1.54, 1.807) is 6.20 Å². The van der Waals surface area contributed by atoms with Gasteiger partial charge in [-0.05, 0) is 6.07 Å². The summed E-state index contributed by atoms with van der Waals surface area (Å²) in [7, 11) is 1.36. The van der Waals surface area contributed by atoms with Crippen molar-refractivity contribution in [3.8, 4) is 0 Å². The van der Waals surface area contributed by atoms with Crippen molar-refractivity contribution < 1.29 is 13.9 Å². The lowest BCUT2D eigenvalue weighted by molar-refractivity contribution is -0.137. The molecule has 0 amide bonds. The lowest BCUT2D eigenvalue weighted by atomic mass is 10.2. The highest BCUT2D eigenvalue weighted by Crippen LogP contribution is 2.32. The highest BCUT2D eigenvalue weighted by Gasteiger charge is 2.14. The third-order valence-electron chi connectivity index (χ3n) is 2.72. The maximum atomic E-state index is 11.2. The van der Waals surface area contributed by atoms with E-state index in [4.69, 9.17) is 4.42 Å². The van der Waals surface area contributed by atoms with Gasteiger partial charge in [0.25, 0.3) is 0 Å². The Morgan fingerprint density at radius 3 is 3.05 bits per heavy atom. The summed E-state index contributed by atoms with van der Waals surface area (Å²) in [6.07, 6.45) is 1.67. The van der Waals surface area contributed by atoms with Crippen molar-refractivity contribution in [3.05, 3.63) is 30.5 Å². The van der Waals surface area contributed by atoms with Gasteiger partial charge in [0.1, 0.15) is 5.58 Å². The topological polar surface area (TPSA) is 65.2 Å². The Morgan fingerprint density at radius 1 is 1.37 bits per heavy atom. The largest absolute Gasteiger partial charge is 0.468 e. The number of rotatable bonds is 3. The number of hydrogen-bond donors (Lipinski definition) is 0. The summed E-state index contributed by atoms with van der Waals surface area (Å²) in [6.45, 7) is 0. The van der Waals surface area contributed by atoms with Crippen LogP contribution in [0.15, 0.2) is 39.9 Å². The van der Waals surface area contributed by atoms with Gasteiger partial charge in [0.05, 0.1) is 24.4 Å². The smallest absolute Gasteiger partial charge is 0.316 e. The first kappa shape index (κ1) is 12.0. The molecular weight excluding hydrogens is 264 g/mol. The molecule has 96 valence electrons. The molecule has 2 aromatic heterocycles. The van der Waals surface area contributed by atoms with Crippen LogP contribution in [0.2, 0.25) is 0 Å². The van der Waals surface area contributed by atoms with E-state index in [-0.39, 0.29) is 11.7 Å². The Labute approximate surface area is 112 Å². The molecule has 3 rings (SSSR count). The first-order valence-corrected chi connectivity index (χ1v) is 6.60. The standard InChI is InChI=1S/C13H10N2O3S/c1-17-11(16)7-19-13-12-9(6-14-15-13)8-4-2-3-5-10(8)18-12/h2-6H,7H2,1H3. The van der Waals surface area contributed by atoms with Gasteiger partial charge in [0, 0.05) is 5.39 Å². The Kier molecular flexibility index (Phi) is 3.08. The molecule has 0 aliphatic rings. The van der Waals surface area contributed by atoms with Gasteiger partial charge in [-0.25, -0.2) is 0 Å². The fraction of sp³-hybridized carbons (Fsp3) is 0.154. The number of methoxy groups -OCH3 is 1. The van der Waals surface area contributed by atoms with Crippen molar-refractivity contribution in [1.29, 1.82) is 0 Å². The zero-order valence-electron chi connectivity index (χ0n) is 10.1. The zero-order valence-corrected chi connectivity index (χ0v) is 10.9. The minimum atomic E-state index is -0.306. The second-order valence-electron chi connectivity index (χ2n) is 3.86. The molecule has 0 unspecified atom stereocenters. The number of carbonyl (C=O) groups is 1. The fourth-order valence-corrected chi connectivity index (χ4v) is 2.58. The summed E-state index contributed by atoms with van der Waals surface area (Å²) in [5.74, 6) is -0.124. The van der Waals surface area contributed by atoms with Crippen LogP contribution in [0.25, 0.3) is 21.9 Å². The first-order chi connectivity index (χ1) is 9.29. The third kappa shape index (κ3) is 2.15. The van der Waals surface area contributed by atoms with Crippen molar-refractivity contribution in [2.45, 2.75) is 5.03 Å². The van der Waals surface area contributed by atoms with Gasteiger partial charge in [0.2, 0.25) is 0 Å². The highest BCUT2D eigenvalue weighted by atomic mass is 32.2. The van der Waals surface area contributed by atoms with Crippen LogP contribution in [0, 0.1) is 0 Å². The van der Waals surface area contributed by atoms with E-state index in [0.29, 0.717) is 10.6 Å². The molecule has 5 nitrogen and oxygen atoms in total. The van der Waals surface area contributed by atoms with Gasteiger partial charge in [-0.1, -0.05) is 30.0 Å². The lowest BCUT2D eigenvalue weighted by Crippen LogP contribution is -2.03. The minimum Gasteiger partial charge on any atom is -0.468 e. The molecule has 3 aromatic rings. The highest BCUT2D eigenvalue weighted by molar-refractivity contribution is 8.00. The average molecular weight is 274 g/mol. The molecule has 0 aliphatic heterocycles. The van der Waals surface area contributed by atoms with Crippen LogP contribution in [0.5, 0.6) is 0 Å². The normalized spacial score (nSPS) is 11.0. The van der Waals surface area contributed by atoms with Gasteiger partial charge in [0.15, 0.2) is 10.6 Å². The number of carbonyl (C=O) groups excluding carboxylic acids is 1. The van der Waals surface area contributed by atoms with Crippen LogP contribution < -0.4 is 0 Å². The summed E-state index contributed by atoms with van der Waals surface area (Å²) >= 11 is 1.26. The molecule has 0 radical (unpaired) electrons. The van der Waals surface area contributed by atoms with E-state index < -0.39 is 0 Å². The second-order valence-corrected chi connectivity index (χ2v) is 4.82. The van der Waals surface area contributed by atoms with Crippen LogP contribution in [-0.4, -0.2) is 29.0 Å². The number of esters is 1. The van der Waals surface area contributed by atoms with E-state index >= 15 is 0 Å². The summed E-state index contributed by atoms with van der Waals surface area (Å²) in [6, 6.07) is 7.72. The van der Waals surface area contributed by atoms with Gasteiger partial charge >= 0.3 is 5.97 Å². The predicted octanol–water partition coefficient (Wildman–Crippen LogP) is 2.64. The molecule has 0 bridgehead atoms. The summed E-state index contributed by atoms with van der Waals surface area (Å²) in [5.41, 5.74) is 1.44. The summed E-state index contributed by atoms with van der Waals surface area (Å²) in [4.78, 5) is 11.2. The SMILES string of the molecule is COC(=O)CSc1nncc2c1oc1ccccc12. The van der Waals surface area contributed by atoms with E-state index in [1.807, 2.05) is 24.3 Å². The van der Waals surface area contributed by atoms with Crippen LogP contribution in [0.1, 0.15) is 0 Å². The molecule has 0 atom stereocenters. The number of benzene rings is 1. The molecule has 0 saturated carbocycles. The number of aromatic nitrogens is 2. The summed E-state index contributed by atoms with van der Waals surface area (Å²) in [5, 5.41) is 10.5. The Morgan fingerprint density at radius 2 is 2.21 bits per heavy atom. The maximum Gasteiger partial charge on any atom is 0.316 e. The van der Waals surface area contributed by atoms with Crippen molar-refractivity contribution in [2.75, 3.05) is 12.9 Å². The van der Waals surface area contributed by atoms with E-state index in [2.05, 4.69) is 14.9 Å². The molecule has 0 fully saturated rings. The van der Waals surface area contributed by atoms with Crippen LogP contribution in [-0.2, 0) is 9.53 Å². The van der Waals surface area contributed by atoms with E-state index in [1.165, 1.54) is 18.9 Å². The number of nitrogens with zero attached hydrogens (tertiary/aromatic N) is 2. The number of para-hydroxylation sites is 1. The van der Waals surface area contributed by atoms with Crippen molar-refractivity contribution >= 4 is 39.7 Å².